The summed E-state index contributed by atoms with van der Waals surface area (Å²) in [6.45, 7) is -0.141. The molecule has 14 heteroatoms. The Morgan fingerprint density at radius 1 is 1.16 bits per heavy atom. The summed E-state index contributed by atoms with van der Waals surface area (Å²) in [4.78, 5) is 1.90. The summed E-state index contributed by atoms with van der Waals surface area (Å²) in [5.41, 5.74) is 1.40. The van der Waals surface area contributed by atoms with Gasteiger partial charge in [-0.3, -0.25) is 4.90 Å². The van der Waals surface area contributed by atoms with Crippen LogP contribution in [0.15, 0.2) is 47.4 Å². The number of fused-ring (bicyclic) bond motifs is 1. The zero-order valence-electron chi connectivity index (χ0n) is 24.6. The molecule has 0 bridgehead atoms. The Labute approximate surface area is 254 Å². The molecule has 1 fully saturated rings. The van der Waals surface area contributed by atoms with Crippen molar-refractivity contribution in [2.24, 2.45) is 0 Å². The second kappa shape index (κ2) is 14.1. The van der Waals surface area contributed by atoms with E-state index in [1.807, 2.05) is 4.90 Å². The van der Waals surface area contributed by atoms with Crippen LogP contribution < -0.4 is 15.4 Å². The van der Waals surface area contributed by atoms with Crippen LogP contribution in [-0.2, 0) is 21.1 Å². The van der Waals surface area contributed by atoms with Crippen molar-refractivity contribution < 1.29 is 40.6 Å². The number of β-amino-alcohol motifs (C(OH)–C–C–N with tert-alkyl or cyclic N) is 1. The third-order valence-electron chi connectivity index (χ3n) is 7.26. The monoisotopic (exact) mass is 640 g/mol. The van der Waals surface area contributed by atoms with E-state index in [0.717, 1.165) is 10.8 Å². The maximum atomic E-state index is 15.2. The quantitative estimate of drug-likeness (QED) is 0.214. The fourth-order valence-corrected chi connectivity index (χ4v) is 5.86. The van der Waals surface area contributed by atoms with Gasteiger partial charge < -0.3 is 29.8 Å². The van der Waals surface area contributed by atoms with Crippen molar-refractivity contribution in [2.45, 2.75) is 42.4 Å². The van der Waals surface area contributed by atoms with E-state index < -0.39 is 40.9 Å². The van der Waals surface area contributed by atoms with Crippen LogP contribution in [0.4, 0.5) is 28.9 Å². The Morgan fingerprint density at radius 2 is 1.93 bits per heavy atom. The number of likely N-dealkylation sites (tertiary alicyclic amines) is 1. The lowest BCUT2D eigenvalue weighted by molar-refractivity contribution is -0.140. The molecule has 2 unspecified atom stereocenters. The molecule has 3 aromatic rings. The van der Waals surface area contributed by atoms with Gasteiger partial charge in [0.05, 0.1) is 54.2 Å². The lowest BCUT2D eigenvalue weighted by atomic mass is 10.0. The Bertz CT molecular complexity index is 1620. The van der Waals surface area contributed by atoms with E-state index in [-0.39, 0.29) is 42.6 Å². The minimum absolute atomic E-state index is 0.0361. The maximum Gasteiger partial charge on any atom is 0.406 e. The average molecular weight is 641 g/mol. The van der Waals surface area contributed by atoms with E-state index in [1.54, 1.807) is 24.3 Å². The molecule has 0 amide bonds. The van der Waals surface area contributed by atoms with Gasteiger partial charge >= 0.3 is 6.18 Å². The highest BCUT2D eigenvalue weighted by atomic mass is 32.2. The van der Waals surface area contributed by atoms with Crippen LogP contribution >= 0.6 is 0 Å². The highest BCUT2D eigenvalue weighted by Gasteiger charge is 2.32. The summed E-state index contributed by atoms with van der Waals surface area (Å²) in [6, 6.07) is 10.2. The molecule has 3 N–H and O–H groups in total. The van der Waals surface area contributed by atoms with E-state index in [1.165, 1.54) is 32.4 Å². The molecule has 1 aromatic heterocycles. The van der Waals surface area contributed by atoms with Crippen molar-refractivity contribution in [1.82, 2.24) is 9.47 Å². The first-order chi connectivity index (χ1) is 20.8. The molecule has 44 heavy (non-hydrogen) atoms. The fourth-order valence-electron chi connectivity index (χ4n) is 5.22. The molecule has 0 saturated carbocycles. The van der Waals surface area contributed by atoms with Crippen molar-refractivity contribution in [3.8, 4) is 17.6 Å². The number of halogens is 4. The largest absolute Gasteiger partial charge is 0.495 e. The first kappa shape index (κ1) is 33.4. The van der Waals surface area contributed by atoms with Gasteiger partial charge in [-0.2, -0.15) is 13.2 Å². The average Bonchev–Trinajstić information content (AvgIpc) is 3.28. The molecule has 1 saturated heterocycles. The lowest BCUT2D eigenvalue weighted by Crippen LogP contribution is -2.50. The fraction of sp³-hybridized carbons (Fsp3) is 0.467. The Balaban J connectivity index is 1.54. The van der Waals surface area contributed by atoms with Gasteiger partial charge in [0, 0.05) is 50.1 Å². The predicted molar refractivity (Wildman–Crippen MR) is 161 cm³/mol. The molecular weight excluding hydrogens is 604 g/mol. The van der Waals surface area contributed by atoms with Gasteiger partial charge in [0.2, 0.25) is 0 Å². The van der Waals surface area contributed by atoms with Gasteiger partial charge in [0.15, 0.2) is 9.84 Å². The number of rotatable bonds is 11. The highest BCUT2D eigenvalue weighted by Crippen LogP contribution is 2.32. The molecule has 240 valence electrons. The number of methoxy groups -OCH3 is 2. The van der Waals surface area contributed by atoms with Crippen molar-refractivity contribution in [2.75, 3.05) is 63.9 Å². The molecular formula is C30H36F4N4O5S. The zero-order valence-corrected chi connectivity index (χ0v) is 25.4. The van der Waals surface area contributed by atoms with Crippen molar-refractivity contribution in [3.05, 3.63) is 48.2 Å². The number of aromatic nitrogens is 1. The third kappa shape index (κ3) is 8.56. The van der Waals surface area contributed by atoms with Gasteiger partial charge in [0.25, 0.3) is 0 Å². The summed E-state index contributed by atoms with van der Waals surface area (Å²) in [7, 11) is -0.571. The number of sulfone groups is 1. The number of hydrogen-bond donors (Lipinski definition) is 3. The summed E-state index contributed by atoms with van der Waals surface area (Å²) in [5, 5.41) is 16.7. The highest BCUT2D eigenvalue weighted by molar-refractivity contribution is 7.90. The first-order valence-electron chi connectivity index (χ1n) is 13.9. The van der Waals surface area contributed by atoms with Crippen LogP contribution in [0, 0.1) is 11.8 Å². The molecule has 4 rings (SSSR count). The van der Waals surface area contributed by atoms with E-state index in [9.17, 15) is 26.7 Å². The second-order valence-electron chi connectivity index (χ2n) is 10.7. The molecule has 2 heterocycles. The molecule has 3 atom stereocenters. The van der Waals surface area contributed by atoms with E-state index >= 15 is 4.39 Å². The predicted octanol–water partition coefficient (Wildman–Crippen LogP) is 3.91. The Kier molecular flexibility index (Phi) is 10.7. The van der Waals surface area contributed by atoms with Crippen LogP contribution in [0.5, 0.6) is 5.75 Å². The van der Waals surface area contributed by atoms with E-state index in [0.29, 0.717) is 35.2 Å². The van der Waals surface area contributed by atoms with Crippen molar-refractivity contribution >= 4 is 32.1 Å². The number of alkyl halides is 4. The van der Waals surface area contributed by atoms with Crippen molar-refractivity contribution in [1.29, 1.82) is 0 Å². The van der Waals surface area contributed by atoms with Gasteiger partial charge in [-0.25, -0.2) is 12.8 Å². The Hall–Kier alpha value is -3.51. The molecule has 2 aromatic carbocycles. The topological polar surface area (TPSA) is 105 Å². The summed E-state index contributed by atoms with van der Waals surface area (Å²) < 4.78 is 90.9. The standard InChI is InChI=1S/C30H36F4N4O5S/c1-42-18-21(39)16-37-13-11-26(24(31)17-37)36-25-7-4-8-28-23(25)14-20(38(28)19-30(32,33)34)6-5-12-35-27-10-9-22(44(3,40)41)15-29(27)43-2/h4,7-10,14-15,21,24,26,35-36,39H,11-13,16-19H2,1-3H3/t21-,24?,26?/m0/s1. The number of piperidine rings is 1. The lowest BCUT2D eigenvalue weighted by Gasteiger charge is -2.36. The minimum atomic E-state index is -4.51. The molecule has 1 aliphatic heterocycles. The normalized spacial score (nSPS) is 18.5. The number of hydrogen-bond acceptors (Lipinski definition) is 8. The van der Waals surface area contributed by atoms with Gasteiger partial charge in [-0.1, -0.05) is 12.0 Å². The summed E-state index contributed by atoms with van der Waals surface area (Å²) >= 11 is 0. The van der Waals surface area contributed by atoms with Crippen LogP contribution in [0.25, 0.3) is 10.9 Å². The molecule has 0 aliphatic carbocycles. The van der Waals surface area contributed by atoms with Gasteiger partial charge in [-0.15, -0.1) is 0 Å². The van der Waals surface area contributed by atoms with Crippen molar-refractivity contribution in [3.63, 3.8) is 0 Å². The SMILES string of the molecule is COC[C@@H](O)CN1CCC(Nc2cccc3c2cc(C#CCNc2ccc(S(C)(=O)=O)cc2OC)n3CC(F)(F)F)C(F)C1. The van der Waals surface area contributed by atoms with E-state index in [4.69, 9.17) is 9.47 Å². The maximum absolute atomic E-state index is 15.2. The van der Waals surface area contributed by atoms with Crippen LogP contribution in [-0.4, -0.2) is 101 Å². The van der Waals surface area contributed by atoms with Crippen LogP contribution in [0.3, 0.4) is 0 Å². The smallest absolute Gasteiger partial charge is 0.406 e. The van der Waals surface area contributed by atoms with Crippen LogP contribution in [0.2, 0.25) is 0 Å². The first-order valence-corrected chi connectivity index (χ1v) is 15.8. The number of aliphatic hydroxyl groups is 1. The molecule has 0 spiro atoms. The number of ether oxygens (including phenoxy) is 2. The molecule has 1 aliphatic rings. The van der Waals surface area contributed by atoms with Gasteiger partial charge in [-0.05, 0) is 42.7 Å². The third-order valence-corrected chi connectivity index (χ3v) is 8.37. The summed E-state index contributed by atoms with van der Waals surface area (Å²) in [6.07, 6.45) is -4.98. The summed E-state index contributed by atoms with van der Waals surface area (Å²) in [5.74, 6) is 5.92. The second-order valence-corrected chi connectivity index (χ2v) is 12.7. The van der Waals surface area contributed by atoms with Gasteiger partial charge in [0.1, 0.15) is 18.5 Å². The van der Waals surface area contributed by atoms with Crippen LogP contribution in [0.1, 0.15) is 12.1 Å². The van der Waals surface area contributed by atoms with E-state index in [2.05, 4.69) is 22.5 Å². The minimum Gasteiger partial charge on any atom is -0.495 e. The number of aliphatic hydroxyl groups excluding tert-OH is 1. The number of nitrogens with one attached hydrogen (secondary N) is 2. The number of anilines is 2. The Morgan fingerprint density at radius 3 is 2.59 bits per heavy atom. The molecule has 9 nitrogen and oxygen atoms in total. The number of benzene rings is 2. The number of nitrogens with zero attached hydrogens (tertiary/aromatic N) is 2. The molecule has 0 radical (unpaired) electrons. The zero-order chi connectivity index (χ0) is 32.1.